The molecule has 2 N–H and O–H groups in total. The molecule has 14 heavy (non-hydrogen) atoms. The molecule has 1 heterocycles. The van der Waals surface area contributed by atoms with Gasteiger partial charge in [0.15, 0.2) is 0 Å². The zero-order chi connectivity index (χ0) is 10.3. The van der Waals surface area contributed by atoms with Crippen molar-refractivity contribution in [1.82, 2.24) is 0 Å². The van der Waals surface area contributed by atoms with Crippen molar-refractivity contribution in [3.8, 4) is 5.75 Å². The first-order chi connectivity index (χ1) is 6.63. The molecule has 2 rings (SSSR count). The molecular formula is C10H10INO2. The van der Waals surface area contributed by atoms with Gasteiger partial charge in [-0.15, -0.1) is 0 Å². The van der Waals surface area contributed by atoms with Crippen LogP contribution < -0.4 is 5.32 Å². The van der Waals surface area contributed by atoms with Gasteiger partial charge in [-0.3, -0.25) is 4.79 Å². The van der Waals surface area contributed by atoms with Crippen molar-refractivity contribution < 1.29 is 9.90 Å². The molecule has 0 spiro atoms. The Kier molecular flexibility index (Phi) is 2.38. The molecule has 1 aromatic rings. The number of fused-ring (bicyclic) bond motifs is 1. The highest BCUT2D eigenvalue weighted by atomic mass is 127. The van der Waals surface area contributed by atoms with Crippen LogP contribution in [0.25, 0.3) is 0 Å². The van der Waals surface area contributed by atoms with Crippen molar-refractivity contribution >= 4 is 34.2 Å². The van der Waals surface area contributed by atoms with E-state index in [4.69, 9.17) is 0 Å². The Hall–Kier alpha value is -0.780. The van der Waals surface area contributed by atoms with Gasteiger partial charge in [-0.05, 0) is 46.7 Å². The lowest BCUT2D eigenvalue weighted by molar-refractivity contribution is -0.117. The minimum absolute atomic E-state index is 0.0333. The SMILES string of the molecule is CCC1C(=O)Nc2c(I)cc(O)cc21. The van der Waals surface area contributed by atoms with Crippen LogP contribution in [0.15, 0.2) is 12.1 Å². The van der Waals surface area contributed by atoms with E-state index in [-0.39, 0.29) is 17.6 Å². The Morgan fingerprint density at radius 1 is 1.57 bits per heavy atom. The molecule has 0 aliphatic carbocycles. The Bertz CT molecular complexity index is 403. The van der Waals surface area contributed by atoms with Crippen LogP contribution in [0, 0.1) is 3.57 Å². The van der Waals surface area contributed by atoms with Gasteiger partial charge >= 0.3 is 0 Å². The Labute approximate surface area is 95.7 Å². The predicted molar refractivity (Wildman–Crippen MR) is 62.5 cm³/mol. The number of carbonyl (C=O) groups is 1. The van der Waals surface area contributed by atoms with Gasteiger partial charge in [-0.1, -0.05) is 6.92 Å². The summed E-state index contributed by atoms with van der Waals surface area (Å²) < 4.78 is 0.891. The van der Waals surface area contributed by atoms with E-state index in [1.54, 1.807) is 12.1 Å². The molecule has 1 aliphatic heterocycles. The molecule has 0 radical (unpaired) electrons. The Morgan fingerprint density at radius 2 is 2.29 bits per heavy atom. The van der Waals surface area contributed by atoms with Crippen LogP contribution in [0.2, 0.25) is 0 Å². The smallest absolute Gasteiger partial charge is 0.232 e. The maximum Gasteiger partial charge on any atom is 0.232 e. The second-order valence-electron chi connectivity index (χ2n) is 3.34. The van der Waals surface area contributed by atoms with E-state index in [1.165, 1.54) is 0 Å². The molecule has 4 heteroatoms. The Balaban J connectivity index is 2.58. The van der Waals surface area contributed by atoms with Crippen molar-refractivity contribution in [3.05, 3.63) is 21.3 Å². The van der Waals surface area contributed by atoms with Crippen molar-refractivity contribution in [1.29, 1.82) is 0 Å². The maximum absolute atomic E-state index is 11.5. The number of halogens is 1. The third-order valence-corrected chi connectivity index (χ3v) is 3.30. The van der Waals surface area contributed by atoms with Crippen molar-refractivity contribution in [2.45, 2.75) is 19.3 Å². The number of aromatic hydroxyl groups is 1. The number of phenols is 1. The normalized spacial score (nSPS) is 19.3. The number of rotatable bonds is 1. The molecule has 0 fully saturated rings. The highest BCUT2D eigenvalue weighted by Crippen LogP contribution is 2.39. The average Bonchev–Trinajstić information content (AvgIpc) is 2.41. The fourth-order valence-electron chi connectivity index (χ4n) is 1.78. The van der Waals surface area contributed by atoms with E-state index < -0.39 is 0 Å². The van der Waals surface area contributed by atoms with Crippen molar-refractivity contribution in [2.75, 3.05) is 5.32 Å². The molecule has 0 bridgehead atoms. The molecule has 1 amide bonds. The number of amides is 1. The number of anilines is 1. The zero-order valence-electron chi connectivity index (χ0n) is 7.67. The van der Waals surface area contributed by atoms with Gasteiger partial charge in [-0.2, -0.15) is 0 Å². The molecular weight excluding hydrogens is 293 g/mol. The summed E-state index contributed by atoms with van der Waals surface area (Å²) >= 11 is 2.11. The molecule has 0 aromatic heterocycles. The zero-order valence-corrected chi connectivity index (χ0v) is 9.83. The second-order valence-corrected chi connectivity index (χ2v) is 4.50. The summed E-state index contributed by atoms with van der Waals surface area (Å²) in [6.45, 7) is 1.97. The molecule has 1 unspecified atom stereocenters. The van der Waals surface area contributed by atoms with Gasteiger partial charge in [-0.25, -0.2) is 0 Å². The molecule has 1 aliphatic rings. The van der Waals surface area contributed by atoms with Gasteiger partial charge in [0.25, 0.3) is 0 Å². The highest BCUT2D eigenvalue weighted by molar-refractivity contribution is 14.1. The lowest BCUT2D eigenvalue weighted by Crippen LogP contribution is -2.10. The minimum Gasteiger partial charge on any atom is -0.508 e. The van der Waals surface area contributed by atoms with E-state index >= 15 is 0 Å². The van der Waals surface area contributed by atoms with E-state index in [9.17, 15) is 9.90 Å². The maximum atomic E-state index is 11.5. The molecule has 74 valence electrons. The van der Waals surface area contributed by atoms with Crippen molar-refractivity contribution in [3.63, 3.8) is 0 Å². The standard InChI is InChI=1S/C10H10INO2/c1-2-6-7-3-5(13)4-8(11)9(7)12-10(6)14/h3-4,6,13H,2H2,1H3,(H,12,14). The topological polar surface area (TPSA) is 49.3 Å². The summed E-state index contributed by atoms with van der Waals surface area (Å²) in [4.78, 5) is 11.5. The molecule has 0 saturated heterocycles. The number of hydrogen-bond acceptors (Lipinski definition) is 2. The number of benzene rings is 1. The first-order valence-electron chi connectivity index (χ1n) is 4.46. The summed E-state index contributed by atoms with van der Waals surface area (Å²) in [5.74, 6) is 0.153. The summed E-state index contributed by atoms with van der Waals surface area (Å²) in [5, 5.41) is 12.3. The fraction of sp³-hybridized carbons (Fsp3) is 0.300. The number of phenolic OH excluding ortho intramolecular Hbond substituents is 1. The van der Waals surface area contributed by atoms with Crippen LogP contribution >= 0.6 is 22.6 Å². The molecule has 3 nitrogen and oxygen atoms in total. The van der Waals surface area contributed by atoms with Crippen LogP contribution in [0.1, 0.15) is 24.8 Å². The summed E-state index contributed by atoms with van der Waals surface area (Å²) in [5.41, 5.74) is 1.78. The van der Waals surface area contributed by atoms with Crippen LogP contribution in [0.3, 0.4) is 0 Å². The van der Waals surface area contributed by atoms with Gasteiger partial charge in [0.05, 0.1) is 11.6 Å². The van der Waals surface area contributed by atoms with Gasteiger partial charge in [0.2, 0.25) is 5.91 Å². The fourth-order valence-corrected chi connectivity index (χ4v) is 2.54. The third kappa shape index (κ3) is 1.37. The summed E-state index contributed by atoms with van der Waals surface area (Å²) in [6.07, 6.45) is 0.762. The van der Waals surface area contributed by atoms with E-state index in [0.29, 0.717) is 0 Å². The second kappa shape index (κ2) is 3.42. The quantitative estimate of drug-likeness (QED) is 0.618. The van der Waals surface area contributed by atoms with E-state index in [2.05, 4.69) is 27.9 Å². The molecule has 1 atom stereocenters. The summed E-state index contributed by atoms with van der Waals surface area (Å²) in [6, 6.07) is 3.32. The van der Waals surface area contributed by atoms with Crippen LogP contribution in [-0.2, 0) is 4.79 Å². The van der Waals surface area contributed by atoms with Gasteiger partial charge < -0.3 is 10.4 Å². The number of carbonyl (C=O) groups excluding carboxylic acids is 1. The number of hydrogen-bond donors (Lipinski definition) is 2. The van der Waals surface area contributed by atoms with Gasteiger partial charge in [0.1, 0.15) is 5.75 Å². The monoisotopic (exact) mass is 303 g/mol. The highest BCUT2D eigenvalue weighted by Gasteiger charge is 2.30. The van der Waals surface area contributed by atoms with Crippen molar-refractivity contribution in [2.24, 2.45) is 0 Å². The Morgan fingerprint density at radius 3 is 2.93 bits per heavy atom. The molecule has 1 aromatic carbocycles. The minimum atomic E-state index is -0.106. The summed E-state index contributed by atoms with van der Waals surface area (Å²) in [7, 11) is 0. The van der Waals surface area contributed by atoms with E-state index in [1.807, 2.05) is 6.92 Å². The third-order valence-electron chi connectivity index (χ3n) is 2.45. The first kappa shape index (κ1) is 9.76. The van der Waals surface area contributed by atoms with Crippen LogP contribution in [-0.4, -0.2) is 11.0 Å². The van der Waals surface area contributed by atoms with Gasteiger partial charge in [0, 0.05) is 3.57 Å². The van der Waals surface area contributed by atoms with Crippen LogP contribution in [0.4, 0.5) is 5.69 Å². The largest absolute Gasteiger partial charge is 0.508 e. The lowest BCUT2D eigenvalue weighted by atomic mass is 9.98. The lowest BCUT2D eigenvalue weighted by Gasteiger charge is -2.05. The van der Waals surface area contributed by atoms with Crippen LogP contribution in [0.5, 0.6) is 5.75 Å². The molecule has 0 saturated carbocycles. The number of nitrogens with one attached hydrogen (secondary N) is 1. The van der Waals surface area contributed by atoms with E-state index in [0.717, 1.165) is 21.2 Å². The predicted octanol–water partition coefficient (Wildman–Crippen LogP) is 2.44. The average molecular weight is 303 g/mol. The first-order valence-corrected chi connectivity index (χ1v) is 5.54.